The van der Waals surface area contributed by atoms with Gasteiger partial charge in [0.05, 0.1) is 6.61 Å². The molecule has 0 N–H and O–H groups in total. The first-order valence-electron chi connectivity index (χ1n) is 4.01. The zero-order valence-electron chi connectivity index (χ0n) is 7.25. The van der Waals surface area contributed by atoms with Crippen molar-refractivity contribution in [1.82, 2.24) is 0 Å². The van der Waals surface area contributed by atoms with E-state index in [9.17, 15) is 9.59 Å². The number of carbonyl (C=O) groups is 2. The average molecular weight is 174 g/mol. The zero-order valence-corrected chi connectivity index (χ0v) is 7.25. The molecule has 0 fully saturated rings. The highest BCUT2D eigenvalue weighted by molar-refractivity contribution is 6.20. The van der Waals surface area contributed by atoms with Crippen LogP contribution < -0.4 is 0 Å². The molecular weight excluding hydrogens is 160 g/mol. The number of esters is 1. The van der Waals surface area contributed by atoms with Crippen molar-refractivity contribution in [3.8, 4) is 0 Å². The summed E-state index contributed by atoms with van der Waals surface area (Å²) in [5.74, 6) is -0.839. The Kier molecular flexibility index (Phi) is 7.58. The highest BCUT2D eigenvalue weighted by Crippen LogP contribution is 1.87. The van der Waals surface area contributed by atoms with Crippen LogP contribution in [-0.2, 0) is 19.1 Å². The third-order valence-electron chi connectivity index (χ3n) is 1.21. The van der Waals surface area contributed by atoms with E-state index >= 15 is 0 Å². The van der Waals surface area contributed by atoms with Gasteiger partial charge in [-0.1, -0.05) is 13.3 Å². The van der Waals surface area contributed by atoms with Gasteiger partial charge in [-0.2, -0.15) is 0 Å². The van der Waals surface area contributed by atoms with Crippen molar-refractivity contribution in [3.05, 3.63) is 0 Å². The largest absolute Gasteiger partial charge is 0.458 e. The number of hydrogen-bond donors (Lipinski definition) is 0. The van der Waals surface area contributed by atoms with Gasteiger partial charge in [-0.15, -0.1) is 0 Å². The van der Waals surface area contributed by atoms with Gasteiger partial charge in [0.25, 0.3) is 0 Å². The highest BCUT2D eigenvalue weighted by atomic mass is 16.6. The molecule has 0 aliphatic rings. The van der Waals surface area contributed by atoms with Crippen LogP contribution in [0.4, 0.5) is 0 Å². The van der Waals surface area contributed by atoms with Crippen molar-refractivity contribution in [1.29, 1.82) is 0 Å². The summed E-state index contributed by atoms with van der Waals surface area (Å²) in [4.78, 5) is 20.0. The fourth-order valence-corrected chi connectivity index (χ4v) is 0.584. The standard InChI is InChI=1S/C8H14O4/c1-2-3-4-11-5-6-12-8(10)7-9/h7H,2-6H2,1H3. The van der Waals surface area contributed by atoms with Crippen LogP contribution in [0, 0.1) is 0 Å². The maximum Gasteiger partial charge on any atom is 0.371 e. The molecule has 0 atom stereocenters. The van der Waals surface area contributed by atoms with E-state index in [4.69, 9.17) is 4.74 Å². The molecule has 4 heteroatoms. The SMILES string of the molecule is CCCCOCCOC(=O)C=O. The molecule has 12 heavy (non-hydrogen) atoms. The molecule has 0 bridgehead atoms. The highest BCUT2D eigenvalue weighted by Gasteiger charge is 1.97. The molecule has 0 rings (SSSR count). The lowest BCUT2D eigenvalue weighted by Gasteiger charge is -2.02. The lowest BCUT2D eigenvalue weighted by molar-refractivity contribution is -0.149. The van der Waals surface area contributed by atoms with Crippen LogP contribution in [0.5, 0.6) is 0 Å². The Hall–Kier alpha value is -0.900. The predicted octanol–water partition coefficient (Wildman–Crippen LogP) is 0.545. The first kappa shape index (κ1) is 11.1. The van der Waals surface area contributed by atoms with Crippen LogP contribution in [-0.4, -0.2) is 32.1 Å². The third kappa shape index (κ3) is 7.21. The molecule has 0 spiro atoms. The zero-order chi connectivity index (χ0) is 9.23. The average Bonchev–Trinajstić information content (AvgIpc) is 2.10. The summed E-state index contributed by atoms with van der Waals surface area (Å²) >= 11 is 0. The monoisotopic (exact) mass is 174 g/mol. The maximum absolute atomic E-state index is 10.3. The summed E-state index contributed by atoms with van der Waals surface area (Å²) in [5, 5.41) is 0. The molecule has 0 aromatic rings. The van der Waals surface area contributed by atoms with Gasteiger partial charge in [0, 0.05) is 6.61 Å². The van der Waals surface area contributed by atoms with Crippen molar-refractivity contribution in [2.45, 2.75) is 19.8 Å². The van der Waals surface area contributed by atoms with Crippen LogP contribution in [0.3, 0.4) is 0 Å². The van der Waals surface area contributed by atoms with E-state index < -0.39 is 5.97 Å². The molecule has 0 unspecified atom stereocenters. The second-order valence-corrected chi connectivity index (χ2v) is 2.25. The Bertz CT molecular complexity index is 133. The number of hydrogen-bond acceptors (Lipinski definition) is 4. The maximum atomic E-state index is 10.3. The van der Waals surface area contributed by atoms with E-state index in [1.807, 2.05) is 0 Å². The number of unbranched alkanes of at least 4 members (excludes halogenated alkanes) is 1. The molecule has 0 aromatic carbocycles. The molecule has 70 valence electrons. The van der Waals surface area contributed by atoms with Gasteiger partial charge in [0.1, 0.15) is 6.61 Å². The van der Waals surface area contributed by atoms with E-state index in [0.29, 0.717) is 13.2 Å². The Morgan fingerprint density at radius 2 is 2.08 bits per heavy atom. The van der Waals surface area contributed by atoms with Gasteiger partial charge in [-0.25, -0.2) is 4.79 Å². The van der Waals surface area contributed by atoms with Crippen molar-refractivity contribution in [3.63, 3.8) is 0 Å². The van der Waals surface area contributed by atoms with E-state index in [-0.39, 0.29) is 12.9 Å². The smallest absolute Gasteiger partial charge is 0.371 e. The molecular formula is C8H14O4. The molecule has 0 aromatic heterocycles. The minimum atomic E-state index is -0.839. The fourth-order valence-electron chi connectivity index (χ4n) is 0.584. The molecule has 0 amide bonds. The van der Waals surface area contributed by atoms with Gasteiger partial charge in [0.15, 0.2) is 0 Å². The van der Waals surface area contributed by atoms with Crippen LogP contribution >= 0.6 is 0 Å². The van der Waals surface area contributed by atoms with Crippen molar-refractivity contribution >= 4 is 12.3 Å². The molecule has 0 aliphatic carbocycles. The van der Waals surface area contributed by atoms with E-state index in [1.54, 1.807) is 0 Å². The third-order valence-corrected chi connectivity index (χ3v) is 1.21. The molecule has 0 radical (unpaired) electrons. The Morgan fingerprint density at radius 1 is 1.33 bits per heavy atom. The van der Waals surface area contributed by atoms with Crippen LogP contribution in [0.15, 0.2) is 0 Å². The molecule has 0 heterocycles. The summed E-state index contributed by atoms with van der Waals surface area (Å²) in [5.41, 5.74) is 0. The molecule has 0 saturated heterocycles. The van der Waals surface area contributed by atoms with Crippen molar-refractivity contribution < 1.29 is 19.1 Å². The van der Waals surface area contributed by atoms with Gasteiger partial charge in [-0.05, 0) is 6.42 Å². The Labute approximate surface area is 71.8 Å². The minimum Gasteiger partial charge on any atom is -0.458 e. The second-order valence-electron chi connectivity index (χ2n) is 2.25. The molecule has 0 saturated carbocycles. The van der Waals surface area contributed by atoms with Gasteiger partial charge < -0.3 is 9.47 Å². The Morgan fingerprint density at radius 3 is 2.67 bits per heavy atom. The van der Waals surface area contributed by atoms with Crippen molar-refractivity contribution in [2.75, 3.05) is 19.8 Å². The summed E-state index contributed by atoms with van der Waals surface area (Å²) in [6, 6.07) is 0. The minimum absolute atomic E-state index is 0.145. The first-order chi connectivity index (χ1) is 5.81. The van der Waals surface area contributed by atoms with E-state index in [2.05, 4.69) is 11.7 Å². The van der Waals surface area contributed by atoms with E-state index in [0.717, 1.165) is 12.8 Å². The fraction of sp³-hybridized carbons (Fsp3) is 0.750. The van der Waals surface area contributed by atoms with E-state index in [1.165, 1.54) is 0 Å². The summed E-state index contributed by atoms with van der Waals surface area (Å²) < 4.78 is 9.52. The first-order valence-corrected chi connectivity index (χ1v) is 4.01. The van der Waals surface area contributed by atoms with Crippen molar-refractivity contribution in [2.24, 2.45) is 0 Å². The topological polar surface area (TPSA) is 52.6 Å². The van der Waals surface area contributed by atoms with Gasteiger partial charge >= 0.3 is 5.97 Å². The lowest BCUT2D eigenvalue weighted by atomic mass is 10.4. The summed E-state index contributed by atoms with van der Waals surface area (Å²) in [6.07, 6.45) is 2.22. The normalized spacial score (nSPS) is 9.42. The van der Waals surface area contributed by atoms with Crippen LogP contribution in [0.2, 0.25) is 0 Å². The number of ether oxygens (including phenoxy) is 2. The quantitative estimate of drug-likeness (QED) is 0.245. The molecule has 4 nitrogen and oxygen atoms in total. The Balaban J connectivity index is 3.00. The number of rotatable bonds is 7. The number of aldehydes is 1. The number of carbonyl (C=O) groups excluding carboxylic acids is 2. The second kappa shape index (κ2) is 8.20. The summed E-state index contributed by atoms with van der Waals surface area (Å²) in [6.45, 7) is 3.26. The van der Waals surface area contributed by atoms with Crippen LogP contribution in [0.1, 0.15) is 19.8 Å². The summed E-state index contributed by atoms with van der Waals surface area (Å²) in [7, 11) is 0. The van der Waals surface area contributed by atoms with Gasteiger partial charge in [-0.3, -0.25) is 4.79 Å². The van der Waals surface area contributed by atoms with Crippen LogP contribution in [0.25, 0.3) is 0 Å². The predicted molar refractivity (Wildman–Crippen MR) is 42.8 cm³/mol. The molecule has 0 aliphatic heterocycles. The van der Waals surface area contributed by atoms with Gasteiger partial charge in [0.2, 0.25) is 6.29 Å². The lowest BCUT2D eigenvalue weighted by Crippen LogP contribution is -2.11.